The Morgan fingerprint density at radius 3 is 2.33 bits per heavy atom. The molecular formula is C14H22N2O4S. The Hall–Kier alpha value is -1.31. The molecule has 0 atom stereocenters. The Labute approximate surface area is 126 Å². The summed E-state index contributed by atoms with van der Waals surface area (Å²) in [5, 5.41) is 3.24. The molecule has 0 spiro atoms. The standard InChI is InChI=1S/C14H22N2O4S/c1-16(11-6-8-15-9-7-11)21(17,18)12-4-5-13(19-2)14(10-12)20-3/h4-5,10-11,15H,6-9H2,1-3H3. The third-order valence-corrected chi connectivity index (χ3v) is 5.76. The Bertz CT molecular complexity index is 583. The van der Waals surface area contributed by atoms with Gasteiger partial charge >= 0.3 is 0 Å². The van der Waals surface area contributed by atoms with Crippen LogP contribution < -0.4 is 14.8 Å². The molecule has 6 nitrogen and oxygen atoms in total. The van der Waals surface area contributed by atoms with Crippen molar-refractivity contribution in [3.63, 3.8) is 0 Å². The van der Waals surface area contributed by atoms with E-state index in [1.165, 1.54) is 24.6 Å². The van der Waals surface area contributed by atoms with Crippen molar-refractivity contribution in [3.8, 4) is 11.5 Å². The lowest BCUT2D eigenvalue weighted by atomic mass is 10.1. The van der Waals surface area contributed by atoms with Gasteiger partial charge in [-0.05, 0) is 38.1 Å². The van der Waals surface area contributed by atoms with E-state index < -0.39 is 10.0 Å². The van der Waals surface area contributed by atoms with Crippen LogP contribution in [-0.2, 0) is 10.0 Å². The normalized spacial score (nSPS) is 17.0. The lowest BCUT2D eigenvalue weighted by Crippen LogP contribution is -2.43. The van der Waals surface area contributed by atoms with Crippen molar-refractivity contribution in [3.05, 3.63) is 18.2 Å². The molecular weight excluding hydrogens is 292 g/mol. The maximum atomic E-state index is 12.7. The predicted molar refractivity (Wildman–Crippen MR) is 80.4 cm³/mol. The molecule has 0 unspecified atom stereocenters. The van der Waals surface area contributed by atoms with E-state index in [1.54, 1.807) is 19.2 Å². The number of rotatable bonds is 5. The summed E-state index contributed by atoms with van der Waals surface area (Å²) in [5.41, 5.74) is 0. The van der Waals surface area contributed by atoms with Gasteiger partial charge in [-0.1, -0.05) is 0 Å². The zero-order chi connectivity index (χ0) is 15.5. The van der Waals surface area contributed by atoms with Crippen LogP contribution in [0, 0.1) is 0 Å². The number of benzene rings is 1. The SMILES string of the molecule is COc1ccc(S(=O)(=O)N(C)C2CCNCC2)cc1OC. The van der Waals surface area contributed by atoms with Gasteiger partial charge in [-0.15, -0.1) is 0 Å². The second-order valence-electron chi connectivity index (χ2n) is 5.02. The summed E-state index contributed by atoms with van der Waals surface area (Å²) in [6, 6.07) is 4.70. The van der Waals surface area contributed by atoms with Crippen LogP contribution in [0.4, 0.5) is 0 Å². The minimum atomic E-state index is -3.53. The third kappa shape index (κ3) is 3.30. The Morgan fingerprint density at radius 2 is 1.76 bits per heavy atom. The van der Waals surface area contributed by atoms with Crippen LogP contribution in [0.3, 0.4) is 0 Å². The quantitative estimate of drug-likeness (QED) is 0.881. The first-order valence-electron chi connectivity index (χ1n) is 6.91. The van der Waals surface area contributed by atoms with Gasteiger partial charge in [-0.2, -0.15) is 4.31 Å². The fraction of sp³-hybridized carbons (Fsp3) is 0.571. The maximum absolute atomic E-state index is 12.7. The molecule has 118 valence electrons. The number of nitrogens with one attached hydrogen (secondary N) is 1. The summed E-state index contributed by atoms with van der Waals surface area (Å²) in [6.45, 7) is 1.69. The first-order valence-corrected chi connectivity index (χ1v) is 8.35. The fourth-order valence-corrected chi connectivity index (χ4v) is 3.94. The molecule has 1 N–H and O–H groups in total. The van der Waals surface area contributed by atoms with Crippen LogP contribution in [0.2, 0.25) is 0 Å². The summed E-state index contributed by atoms with van der Waals surface area (Å²) in [6.07, 6.45) is 1.64. The molecule has 0 saturated carbocycles. The summed E-state index contributed by atoms with van der Waals surface area (Å²) < 4.78 is 37.2. The van der Waals surface area contributed by atoms with E-state index in [1.807, 2.05) is 0 Å². The van der Waals surface area contributed by atoms with Gasteiger partial charge in [0.25, 0.3) is 0 Å². The molecule has 0 radical (unpaired) electrons. The molecule has 1 aliphatic rings. The largest absolute Gasteiger partial charge is 0.493 e. The van der Waals surface area contributed by atoms with E-state index in [4.69, 9.17) is 9.47 Å². The van der Waals surface area contributed by atoms with Crippen LogP contribution in [0.5, 0.6) is 11.5 Å². The van der Waals surface area contributed by atoms with Gasteiger partial charge in [-0.25, -0.2) is 8.42 Å². The minimum absolute atomic E-state index is 0.0318. The van der Waals surface area contributed by atoms with Gasteiger partial charge in [0.05, 0.1) is 19.1 Å². The van der Waals surface area contributed by atoms with E-state index in [0.717, 1.165) is 25.9 Å². The molecule has 1 aromatic carbocycles. The van der Waals surface area contributed by atoms with Crippen molar-refractivity contribution in [2.24, 2.45) is 0 Å². The molecule has 1 heterocycles. The highest BCUT2D eigenvalue weighted by Gasteiger charge is 2.29. The van der Waals surface area contributed by atoms with Gasteiger partial charge in [0, 0.05) is 19.2 Å². The highest BCUT2D eigenvalue weighted by molar-refractivity contribution is 7.89. The van der Waals surface area contributed by atoms with Crippen molar-refractivity contribution in [1.82, 2.24) is 9.62 Å². The Balaban J connectivity index is 2.30. The average molecular weight is 314 g/mol. The third-order valence-electron chi connectivity index (χ3n) is 3.85. The Kier molecular flexibility index (Phi) is 5.08. The Morgan fingerprint density at radius 1 is 1.14 bits per heavy atom. The summed E-state index contributed by atoms with van der Waals surface area (Å²) in [4.78, 5) is 0.223. The first kappa shape index (κ1) is 16.1. The molecule has 21 heavy (non-hydrogen) atoms. The first-order chi connectivity index (χ1) is 10.0. The highest BCUT2D eigenvalue weighted by atomic mass is 32.2. The van der Waals surface area contributed by atoms with E-state index in [9.17, 15) is 8.42 Å². The van der Waals surface area contributed by atoms with Crippen molar-refractivity contribution >= 4 is 10.0 Å². The van der Waals surface area contributed by atoms with Crippen molar-refractivity contribution < 1.29 is 17.9 Å². The van der Waals surface area contributed by atoms with E-state index in [0.29, 0.717) is 11.5 Å². The van der Waals surface area contributed by atoms with Gasteiger partial charge in [0.15, 0.2) is 11.5 Å². The molecule has 0 amide bonds. The molecule has 1 fully saturated rings. The summed E-state index contributed by atoms with van der Waals surface area (Å²) in [7, 11) is 1.13. The van der Waals surface area contributed by atoms with Crippen molar-refractivity contribution in [2.45, 2.75) is 23.8 Å². The van der Waals surface area contributed by atoms with Gasteiger partial charge in [0.1, 0.15) is 0 Å². The number of hydrogen-bond donors (Lipinski definition) is 1. The van der Waals surface area contributed by atoms with Gasteiger partial charge in [0.2, 0.25) is 10.0 Å². The topological polar surface area (TPSA) is 67.9 Å². The average Bonchev–Trinajstić information content (AvgIpc) is 2.54. The second kappa shape index (κ2) is 6.64. The van der Waals surface area contributed by atoms with Crippen LogP contribution in [0.25, 0.3) is 0 Å². The maximum Gasteiger partial charge on any atom is 0.243 e. The van der Waals surface area contributed by atoms with E-state index >= 15 is 0 Å². The summed E-state index contributed by atoms with van der Waals surface area (Å²) in [5.74, 6) is 0.929. The number of sulfonamides is 1. The molecule has 1 aromatic rings. The number of nitrogens with zero attached hydrogens (tertiary/aromatic N) is 1. The second-order valence-corrected chi connectivity index (χ2v) is 7.02. The van der Waals surface area contributed by atoms with E-state index in [2.05, 4.69) is 5.32 Å². The fourth-order valence-electron chi connectivity index (χ4n) is 2.51. The molecule has 1 aliphatic heterocycles. The molecule has 0 aliphatic carbocycles. The van der Waals surface area contributed by atoms with Crippen LogP contribution >= 0.6 is 0 Å². The minimum Gasteiger partial charge on any atom is -0.493 e. The van der Waals surface area contributed by atoms with Crippen LogP contribution in [0.1, 0.15) is 12.8 Å². The molecule has 7 heteroatoms. The number of methoxy groups -OCH3 is 2. The van der Waals surface area contributed by atoms with E-state index in [-0.39, 0.29) is 10.9 Å². The van der Waals surface area contributed by atoms with Crippen LogP contribution in [0.15, 0.2) is 23.1 Å². The zero-order valence-electron chi connectivity index (χ0n) is 12.6. The lowest BCUT2D eigenvalue weighted by molar-refractivity contribution is 0.296. The highest BCUT2D eigenvalue weighted by Crippen LogP contribution is 2.31. The van der Waals surface area contributed by atoms with Gasteiger partial charge < -0.3 is 14.8 Å². The monoisotopic (exact) mass is 314 g/mol. The molecule has 2 rings (SSSR count). The van der Waals surface area contributed by atoms with Crippen molar-refractivity contribution in [1.29, 1.82) is 0 Å². The van der Waals surface area contributed by atoms with Crippen molar-refractivity contribution in [2.75, 3.05) is 34.4 Å². The van der Waals surface area contributed by atoms with Gasteiger partial charge in [-0.3, -0.25) is 0 Å². The number of ether oxygens (including phenoxy) is 2. The zero-order valence-corrected chi connectivity index (χ0v) is 13.4. The molecule has 1 saturated heterocycles. The molecule has 0 aromatic heterocycles. The predicted octanol–water partition coefficient (Wildman–Crippen LogP) is 1.08. The number of piperidine rings is 1. The smallest absolute Gasteiger partial charge is 0.243 e. The molecule has 0 bridgehead atoms. The lowest BCUT2D eigenvalue weighted by Gasteiger charge is -2.30. The van der Waals surface area contributed by atoms with Crippen LogP contribution in [-0.4, -0.2) is 53.1 Å². The summed E-state index contributed by atoms with van der Waals surface area (Å²) >= 11 is 0. The number of hydrogen-bond acceptors (Lipinski definition) is 5.